The van der Waals surface area contributed by atoms with Crippen molar-refractivity contribution in [3.8, 4) is 0 Å². The number of fused-ring (bicyclic) bond motifs is 1. The van der Waals surface area contributed by atoms with Gasteiger partial charge in [0, 0.05) is 20.1 Å². The summed E-state index contributed by atoms with van der Waals surface area (Å²) < 4.78 is 31.7. The molecule has 1 aromatic rings. The second-order valence-corrected chi connectivity index (χ2v) is 10.8. The van der Waals surface area contributed by atoms with Crippen molar-refractivity contribution in [2.75, 3.05) is 19.9 Å². The van der Waals surface area contributed by atoms with Gasteiger partial charge in [-0.25, -0.2) is 15.0 Å². The summed E-state index contributed by atoms with van der Waals surface area (Å²) in [5.41, 5.74) is 2.26. The number of hydrogen-bond acceptors (Lipinski definition) is 3. The minimum atomic E-state index is -3.27. The fraction of sp³-hybridized carbons (Fsp3) is 0.647. The van der Waals surface area contributed by atoms with E-state index in [9.17, 15) is 8.42 Å². The number of nitrogens with zero attached hydrogens (tertiary/aromatic N) is 1. The summed E-state index contributed by atoms with van der Waals surface area (Å²) in [6, 6.07) is 7.82. The van der Waals surface area contributed by atoms with Crippen LogP contribution in [0.1, 0.15) is 37.4 Å². The minimum Gasteiger partial charge on any atom is -0.426 e. The van der Waals surface area contributed by atoms with Gasteiger partial charge < -0.3 is 14.3 Å². The maximum Gasteiger partial charge on any atom is 0.211 e. The van der Waals surface area contributed by atoms with E-state index in [1.54, 1.807) is 7.05 Å². The average Bonchev–Trinajstić information content (AvgIpc) is 2.83. The molecule has 0 saturated carbocycles. The van der Waals surface area contributed by atoms with Gasteiger partial charge in [0.15, 0.2) is 0 Å². The van der Waals surface area contributed by atoms with Crippen LogP contribution < -0.4 is 0 Å². The molecule has 0 heterocycles. The molecule has 0 aliphatic heterocycles. The van der Waals surface area contributed by atoms with Crippen molar-refractivity contribution >= 4 is 19.5 Å². The first-order valence-corrected chi connectivity index (χ1v) is 11.3. The number of ether oxygens (including phenoxy) is 1. The first-order chi connectivity index (χ1) is 10.7. The van der Waals surface area contributed by atoms with Crippen molar-refractivity contribution in [3.63, 3.8) is 0 Å². The van der Waals surface area contributed by atoms with Crippen LogP contribution in [0.3, 0.4) is 0 Å². The molecule has 0 saturated heterocycles. The van der Waals surface area contributed by atoms with E-state index in [-0.39, 0.29) is 17.2 Å². The molecule has 0 unspecified atom stereocenters. The molecule has 4 nitrogen and oxygen atoms in total. The Morgan fingerprint density at radius 3 is 2.61 bits per heavy atom. The Bertz CT molecular complexity index is 645. The van der Waals surface area contributed by atoms with E-state index in [0.29, 0.717) is 6.61 Å². The monoisotopic (exact) mass is 353 g/mol. The van der Waals surface area contributed by atoms with Crippen LogP contribution >= 0.6 is 0 Å². The quantitative estimate of drug-likeness (QED) is 0.708. The van der Waals surface area contributed by atoms with Gasteiger partial charge in [0.05, 0.1) is 18.4 Å². The summed E-state index contributed by atoms with van der Waals surface area (Å²) in [6.45, 7) is 7.38. The van der Waals surface area contributed by atoms with Gasteiger partial charge in [0.2, 0.25) is 10.0 Å². The van der Waals surface area contributed by atoms with E-state index in [2.05, 4.69) is 26.5 Å². The van der Waals surface area contributed by atoms with Gasteiger partial charge in [-0.2, -0.15) is 9.34 Å². The smallest absolute Gasteiger partial charge is 0.211 e. The molecule has 0 N–H and O–H groups in total. The predicted octanol–water partition coefficient (Wildman–Crippen LogP) is 2.90. The lowest BCUT2D eigenvalue weighted by Gasteiger charge is -2.36. The van der Waals surface area contributed by atoms with Crippen molar-refractivity contribution in [1.82, 2.24) is 4.31 Å². The zero-order valence-corrected chi connectivity index (χ0v) is 16.5. The van der Waals surface area contributed by atoms with Gasteiger partial charge in [-0.3, -0.25) is 0 Å². The SMILES string of the molecule is C[Si-]C(C)(C)CCO[C@@H]1Cc2ccccc2[C@H]1N(C)S(C)(=O)=O. The Balaban J connectivity index is 2.16. The lowest BCUT2D eigenvalue weighted by molar-refractivity contribution is 0.0153. The molecule has 129 valence electrons. The van der Waals surface area contributed by atoms with Gasteiger partial charge in [-0.15, -0.1) is 0 Å². The normalized spacial score (nSPS) is 21.7. The van der Waals surface area contributed by atoms with Gasteiger partial charge in [0.1, 0.15) is 0 Å². The molecule has 2 atom stereocenters. The van der Waals surface area contributed by atoms with E-state index >= 15 is 0 Å². The Morgan fingerprint density at radius 1 is 1.35 bits per heavy atom. The third-order valence-electron chi connectivity index (χ3n) is 4.80. The van der Waals surface area contributed by atoms with Gasteiger partial charge in [0.25, 0.3) is 0 Å². The van der Waals surface area contributed by atoms with Crippen LogP contribution in [0, 0.1) is 0 Å². The molecule has 1 aliphatic carbocycles. The molecular weight excluding hydrogens is 326 g/mol. The zero-order valence-electron chi connectivity index (χ0n) is 14.7. The van der Waals surface area contributed by atoms with E-state index in [1.807, 2.05) is 18.2 Å². The molecule has 0 fully saturated rings. The Labute approximate surface area is 143 Å². The lowest BCUT2D eigenvalue weighted by atomic mass is 10.1. The summed E-state index contributed by atoms with van der Waals surface area (Å²) in [7, 11) is -0.751. The molecular formula is C17H27NO3SSi-. The average molecular weight is 354 g/mol. The Hall–Kier alpha value is -0.693. The highest BCUT2D eigenvalue weighted by molar-refractivity contribution is 7.88. The van der Waals surface area contributed by atoms with Crippen molar-refractivity contribution < 1.29 is 13.2 Å². The molecule has 0 bridgehead atoms. The second kappa shape index (κ2) is 7.05. The van der Waals surface area contributed by atoms with Crippen LogP contribution in [0.5, 0.6) is 0 Å². The topological polar surface area (TPSA) is 46.6 Å². The number of sulfonamides is 1. The summed E-state index contributed by atoms with van der Waals surface area (Å²) in [6.07, 6.45) is 2.91. The fourth-order valence-corrected chi connectivity index (χ4v) is 3.93. The third-order valence-corrected chi connectivity index (χ3v) is 7.67. The number of benzene rings is 1. The van der Waals surface area contributed by atoms with Crippen molar-refractivity contribution in [2.45, 2.75) is 50.4 Å². The van der Waals surface area contributed by atoms with Crippen LogP contribution in [0.2, 0.25) is 11.6 Å². The van der Waals surface area contributed by atoms with Crippen LogP contribution in [-0.2, 0) is 21.2 Å². The molecule has 23 heavy (non-hydrogen) atoms. The zero-order chi connectivity index (χ0) is 17.3. The van der Waals surface area contributed by atoms with Gasteiger partial charge in [-0.05, 0) is 11.1 Å². The van der Waals surface area contributed by atoms with Crippen LogP contribution in [0.15, 0.2) is 24.3 Å². The lowest BCUT2D eigenvalue weighted by Crippen LogP contribution is -2.36. The van der Waals surface area contributed by atoms with E-state index < -0.39 is 10.0 Å². The Morgan fingerprint density at radius 2 is 2.00 bits per heavy atom. The van der Waals surface area contributed by atoms with Crippen LogP contribution in [0.4, 0.5) is 0 Å². The third kappa shape index (κ3) is 4.44. The van der Waals surface area contributed by atoms with Gasteiger partial charge in [-0.1, -0.05) is 44.5 Å². The molecule has 2 rings (SSSR count). The first-order valence-electron chi connectivity index (χ1n) is 7.97. The van der Waals surface area contributed by atoms with Crippen molar-refractivity contribution in [3.05, 3.63) is 35.4 Å². The van der Waals surface area contributed by atoms with Crippen LogP contribution in [0.25, 0.3) is 0 Å². The van der Waals surface area contributed by atoms with Crippen molar-refractivity contribution in [1.29, 1.82) is 0 Å². The molecule has 1 aromatic carbocycles. The van der Waals surface area contributed by atoms with E-state index in [4.69, 9.17) is 4.74 Å². The molecule has 1 aliphatic rings. The molecule has 0 spiro atoms. The molecule has 0 aromatic heterocycles. The molecule has 1 radical (unpaired) electrons. The highest BCUT2D eigenvalue weighted by atomic mass is 32.2. The van der Waals surface area contributed by atoms with E-state index in [1.165, 1.54) is 16.1 Å². The number of rotatable bonds is 7. The summed E-state index contributed by atoms with van der Waals surface area (Å²) in [4.78, 5) is 0. The molecule has 0 amide bonds. The number of likely N-dealkylation sites (N-methyl/N-ethyl adjacent to an activating group) is 1. The van der Waals surface area contributed by atoms with Gasteiger partial charge >= 0.3 is 0 Å². The largest absolute Gasteiger partial charge is 0.426 e. The van der Waals surface area contributed by atoms with Crippen LogP contribution in [-0.4, -0.2) is 48.3 Å². The fourth-order valence-electron chi connectivity index (χ4n) is 2.91. The summed E-state index contributed by atoms with van der Waals surface area (Å²) in [5, 5.41) is 0.281. The predicted molar refractivity (Wildman–Crippen MR) is 95.5 cm³/mol. The maximum atomic E-state index is 12.0. The molecule has 6 heteroatoms. The highest BCUT2D eigenvalue weighted by Crippen LogP contribution is 2.38. The first kappa shape index (κ1) is 18.6. The summed E-state index contributed by atoms with van der Waals surface area (Å²) in [5.74, 6) is 0. The summed E-state index contributed by atoms with van der Waals surface area (Å²) >= 11 is 0. The standard InChI is InChI=1S/C17H27NO3SSi/c1-17(2,23-5)10-11-21-15-12-13-8-6-7-9-14(13)16(15)18(3)22(4,19)20/h6-9,15-16H,10-12H2,1-5H3/q-1/t15-,16-/m1/s1. The maximum absolute atomic E-state index is 12.0. The second-order valence-electron chi connectivity index (χ2n) is 6.92. The number of hydrogen-bond donors (Lipinski definition) is 0. The van der Waals surface area contributed by atoms with E-state index in [0.717, 1.165) is 27.9 Å². The van der Waals surface area contributed by atoms with Crippen molar-refractivity contribution in [2.24, 2.45) is 0 Å². The minimum absolute atomic E-state index is 0.108. The highest BCUT2D eigenvalue weighted by Gasteiger charge is 2.38. The Kier molecular flexibility index (Phi) is 5.71.